The minimum atomic E-state index is -0.219. The fourth-order valence-corrected chi connectivity index (χ4v) is 1.79. The molecule has 2 nitrogen and oxygen atoms in total. The van der Waals surface area contributed by atoms with Crippen LogP contribution < -0.4 is 5.32 Å². The van der Waals surface area contributed by atoms with Crippen LogP contribution in [-0.2, 0) is 17.9 Å². The molecule has 3 heteroatoms. The Labute approximate surface area is 113 Å². The third-order valence-electron chi connectivity index (χ3n) is 2.75. The van der Waals surface area contributed by atoms with Gasteiger partial charge in [-0.2, -0.15) is 0 Å². The third-order valence-corrected chi connectivity index (χ3v) is 2.75. The lowest BCUT2D eigenvalue weighted by Gasteiger charge is -2.06. The van der Waals surface area contributed by atoms with Crippen LogP contribution in [0.5, 0.6) is 0 Å². The first-order chi connectivity index (χ1) is 9.34. The van der Waals surface area contributed by atoms with Crippen LogP contribution in [0.25, 0.3) is 0 Å². The van der Waals surface area contributed by atoms with Gasteiger partial charge in [0.25, 0.3) is 0 Å². The van der Waals surface area contributed by atoms with E-state index >= 15 is 0 Å². The monoisotopic (exact) mass is 259 g/mol. The summed E-state index contributed by atoms with van der Waals surface area (Å²) in [6, 6.07) is 16.7. The molecule has 0 aliphatic carbocycles. The van der Waals surface area contributed by atoms with Crippen LogP contribution in [-0.4, -0.2) is 13.2 Å². The second kappa shape index (κ2) is 7.67. The van der Waals surface area contributed by atoms with E-state index in [2.05, 4.69) is 17.4 Å². The van der Waals surface area contributed by atoms with E-state index < -0.39 is 0 Å². The van der Waals surface area contributed by atoms with Gasteiger partial charge in [-0.3, -0.25) is 0 Å². The Kier molecular flexibility index (Phi) is 5.53. The van der Waals surface area contributed by atoms with Crippen molar-refractivity contribution in [2.75, 3.05) is 13.2 Å². The van der Waals surface area contributed by atoms with Crippen LogP contribution in [0.3, 0.4) is 0 Å². The fraction of sp³-hybridized carbons (Fsp3) is 0.250. The molecule has 0 unspecified atom stereocenters. The lowest BCUT2D eigenvalue weighted by atomic mass is 10.2. The maximum atomic E-state index is 12.9. The molecule has 2 aromatic rings. The molecular formula is C16H18FNO. The standard InChI is InChI=1S/C16H18FNO/c17-16-8-4-7-15(11-16)13-19-10-9-18-12-14-5-2-1-3-6-14/h1-8,11,18H,9-10,12-13H2. The highest BCUT2D eigenvalue weighted by atomic mass is 19.1. The SMILES string of the molecule is Fc1cccc(COCCNCc2ccccc2)c1. The molecule has 0 heterocycles. The lowest BCUT2D eigenvalue weighted by Crippen LogP contribution is -2.19. The topological polar surface area (TPSA) is 21.3 Å². The summed E-state index contributed by atoms with van der Waals surface area (Å²) >= 11 is 0. The van der Waals surface area contributed by atoms with Gasteiger partial charge in [-0.05, 0) is 23.3 Å². The molecule has 2 rings (SSSR count). The first-order valence-corrected chi connectivity index (χ1v) is 6.41. The van der Waals surface area contributed by atoms with Gasteiger partial charge in [0.1, 0.15) is 5.82 Å². The molecule has 0 radical (unpaired) electrons. The highest BCUT2D eigenvalue weighted by Crippen LogP contribution is 2.04. The van der Waals surface area contributed by atoms with E-state index in [-0.39, 0.29) is 5.82 Å². The first kappa shape index (κ1) is 13.7. The van der Waals surface area contributed by atoms with Crippen molar-refractivity contribution in [1.29, 1.82) is 0 Å². The quantitative estimate of drug-likeness (QED) is 0.771. The van der Waals surface area contributed by atoms with Gasteiger partial charge in [-0.15, -0.1) is 0 Å². The Morgan fingerprint density at radius 2 is 1.74 bits per heavy atom. The van der Waals surface area contributed by atoms with Gasteiger partial charge in [0.2, 0.25) is 0 Å². The molecule has 1 N–H and O–H groups in total. The van der Waals surface area contributed by atoms with Gasteiger partial charge in [0.15, 0.2) is 0 Å². The summed E-state index contributed by atoms with van der Waals surface area (Å²) in [4.78, 5) is 0. The van der Waals surface area contributed by atoms with Crippen molar-refractivity contribution in [2.24, 2.45) is 0 Å². The average molecular weight is 259 g/mol. The van der Waals surface area contributed by atoms with Crippen molar-refractivity contribution in [3.63, 3.8) is 0 Å². The molecule has 0 atom stereocenters. The molecule has 0 bridgehead atoms. The maximum absolute atomic E-state index is 12.9. The largest absolute Gasteiger partial charge is 0.375 e. The summed E-state index contributed by atoms with van der Waals surface area (Å²) in [5, 5.41) is 3.30. The highest BCUT2D eigenvalue weighted by molar-refractivity contribution is 5.15. The molecule has 0 aromatic heterocycles. The number of ether oxygens (including phenoxy) is 1. The van der Waals surface area contributed by atoms with Crippen molar-refractivity contribution in [2.45, 2.75) is 13.2 Å². The van der Waals surface area contributed by atoms with E-state index in [4.69, 9.17) is 4.74 Å². The number of nitrogens with one attached hydrogen (secondary N) is 1. The first-order valence-electron chi connectivity index (χ1n) is 6.41. The normalized spacial score (nSPS) is 10.6. The summed E-state index contributed by atoms with van der Waals surface area (Å²) in [5.74, 6) is -0.219. The van der Waals surface area contributed by atoms with Gasteiger partial charge in [-0.25, -0.2) is 4.39 Å². The van der Waals surface area contributed by atoms with Crippen molar-refractivity contribution in [3.05, 3.63) is 71.5 Å². The zero-order chi connectivity index (χ0) is 13.3. The molecule has 0 aliphatic heterocycles. The zero-order valence-corrected chi connectivity index (χ0v) is 10.8. The van der Waals surface area contributed by atoms with Crippen LogP contribution in [0, 0.1) is 5.82 Å². The summed E-state index contributed by atoms with van der Waals surface area (Å²) < 4.78 is 18.4. The van der Waals surface area contributed by atoms with E-state index in [1.165, 1.54) is 17.7 Å². The summed E-state index contributed by atoms with van der Waals surface area (Å²) in [7, 11) is 0. The number of rotatable bonds is 7. The van der Waals surface area contributed by atoms with Gasteiger partial charge in [-0.1, -0.05) is 42.5 Å². The molecule has 19 heavy (non-hydrogen) atoms. The van der Waals surface area contributed by atoms with Crippen LogP contribution in [0.1, 0.15) is 11.1 Å². The Bertz CT molecular complexity index is 487. The smallest absolute Gasteiger partial charge is 0.123 e. The molecule has 0 spiro atoms. The third kappa shape index (κ3) is 5.20. The van der Waals surface area contributed by atoms with E-state index in [0.717, 1.165) is 18.7 Å². The number of halogens is 1. The van der Waals surface area contributed by atoms with Gasteiger partial charge in [0.05, 0.1) is 13.2 Å². The van der Waals surface area contributed by atoms with Crippen molar-refractivity contribution in [3.8, 4) is 0 Å². The Morgan fingerprint density at radius 1 is 0.947 bits per heavy atom. The zero-order valence-electron chi connectivity index (χ0n) is 10.8. The van der Waals surface area contributed by atoms with E-state index in [1.807, 2.05) is 24.3 Å². The molecule has 100 valence electrons. The van der Waals surface area contributed by atoms with Crippen LogP contribution in [0.4, 0.5) is 4.39 Å². The second-order valence-corrected chi connectivity index (χ2v) is 4.34. The molecule has 0 saturated heterocycles. The van der Waals surface area contributed by atoms with E-state index in [0.29, 0.717) is 13.2 Å². The summed E-state index contributed by atoms with van der Waals surface area (Å²) in [6.45, 7) is 2.68. The molecular weight excluding hydrogens is 241 g/mol. The van der Waals surface area contributed by atoms with Gasteiger partial charge in [0, 0.05) is 13.1 Å². The van der Waals surface area contributed by atoms with Crippen molar-refractivity contribution < 1.29 is 9.13 Å². The Hall–Kier alpha value is -1.71. The lowest BCUT2D eigenvalue weighted by molar-refractivity contribution is 0.122. The number of benzene rings is 2. The molecule has 0 fully saturated rings. The Morgan fingerprint density at radius 3 is 2.53 bits per heavy atom. The molecule has 0 aliphatic rings. The molecule has 2 aromatic carbocycles. The average Bonchev–Trinajstić information content (AvgIpc) is 2.44. The number of hydrogen-bond donors (Lipinski definition) is 1. The Balaban J connectivity index is 1.58. The fourth-order valence-electron chi connectivity index (χ4n) is 1.79. The molecule has 0 saturated carbocycles. The predicted molar refractivity (Wildman–Crippen MR) is 74.2 cm³/mol. The number of hydrogen-bond acceptors (Lipinski definition) is 2. The predicted octanol–water partition coefficient (Wildman–Crippen LogP) is 3.13. The summed E-state index contributed by atoms with van der Waals surface area (Å²) in [5.41, 5.74) is 2.12. The van der Waals surface area contributed by atoms with Gasteiger partial charge < -0.3 is 10.1 Å². The van der Waals surface area contributed by atoms with Gasteiger partial charge >= 0.3 is 0 Å². The van der Waals surface area contributed by atoms with Crippen molar-refractivity contribution in [1.82, 2.24) is 5.32 Å². The van der Waals surface area contributed by atoms with Crippen LogP contribution in [0.15, 0.2) is 54.6 Å². The highest BCUT2D eigenvalue weighted by Gasteiger charge is 1.96. The van der Waals surface area contributed by atoms with E-state index in [9.17, 15) is 4.39 Å². The van der Waals surface area contributed by atoms with Crippen LogP contribution in [0.2, 0.25) is 0 Å². The van der Waals surface area contributed by atoms with E-state index in [1.54, 1.807) is 6.07 Å². The summed E-state index contributed by atoms with van der Waals surface area (Å²) in [6.07, 6.45) is 0. The molecule has 0 amide bonds. The second-order valence-electron chi connectivity index (χ2n) is 4.34. The van der Waals surface area contributed by atoms with Crippen molar-refractivity contribution >= 4 is 0 Å². The minimum Gasteiger partial charge on any atom is -0.375 e. The minimum absolute atomic E-state index is 0.219. The van der Waals surface area contributed by atoms with Crippen LogP contribution >= 0.6 is 0 Å². The maximum Gasteiger partial charge on any atom is 0.123 e.